The van der Waals surface area contributed by atoms with Gasteiger partial charge in [-0.2, -0.15) is 10.1 Å². The first-order chi connectivity index (χ1) is 12.1. The van der Waals surface area contributed by atoms with Crippen molar-refractivity contribution < 1.29 is 4.52 Å². The van der Waals surface area contributed by atoms with E-state index in [1.807, 2.05) is 30.3 Å². The molecule has 0 bridgehead atoms. The molecule has 0 saturated heterocycles. The molecule has 5 nitrogen and oxygen atoms in total. The molecule has 2 aromatic heterocycles. The van der Waals surface area contributed by atoms with Crippen molar-refractivity contribution in [2.75, 3.05) is 0 Å². The lowest BCUT2D eigenvalue weighted by molar-refractivity contribution is 0.431. The van der Waals surface area contributed by atoms with E-state index in [9.17, 15) is 0 Å². The van der Waals surface area contributed by atoms with E-state index >= 15 is 0 Å². The predicted molar refractivity (Wildman–Crippen MR) is 99.9 cm³/mol. The van der Waals surface area contributed by atoms with Crippen LogP contribution in [0.5, 0.6) is 0 Å². The average Bonchev–Trinajstić information content (AvgIpc) is 3.27. The Labute approximate surface area is 153 Å². The zero-order valence-corrected chi connectivity index (χ0v) is 15.3. The second kappa shape index (κ2) is 6.29. The summed E-state index contributed by atoms with van der Waals surface area (Å²) in [6.07, 6.45) is 0. The van der Waals surface area contributed by atoms with E-state index in [4.69, 9.17) is 4.52 Å². The van der Waals surface area contributed by atoms with Crippen molar-refractivity contribution in [3.63, 3.8) is 0 Å². The second-order valence-electron chi connectivity index (χ2n) is 5.87. The largest absolute Gasteiger partial charge is 0.332 e. The number of aromatic nitrogens is 4. The van der Waals surface area contributed by atoms with Gasteiger partial charge in [-0.3, -0.25) is 5.10 Å². The lowest BCUT2D eigenvalue weighted by atomic mass is 10.0. The highest BCUT2D eigenvalue weighted by Gasteiger charge is 2.15. The van der Waals surface area contributed by atoms with Crippen molar-refractivity contribution in [1.82, 2.24) is 20.3 Å². The fraction of sp³-hybridized carbons (Fsp3) is 0.105. The number of hydrogen-bond donors (Lipinski definition) is 1. The number of aryl methyl sites for hydroxylation is 2. The molecule has 0 aliphatic carbocycles. The molecule has 2 aromatic carbocycles. The fourth-order valence-electron chi connectivity index (χ4n) is 2.56. The summed E-state index contributed by atoms with van der Waals surface area (Å²) in [4.78, 5) is 4.47. The van der Waals surface area contributed by atoms with Gasteiger partial charge in [0.05, 0.1) is 5.69 Å². The van der Waals surface area contributed by atoms with Gasteiger partial charge in [0, 0.05) is 15.6 Å². The SMILES string of the molecule is Cc1ccc(-c2cc(-c3nc(-c4ccccc4Br)no3)[nH]n2)cc1C. The van der Waals surface area contributed by atoms with E-state index in [0.717, 1.165) is 21.3 Å². The number of H-pyrrole nitrogens is 1. The molecule has 0 unspecified atom stereocenters. The molecular weight excluding hydrogens is 380 g/mol. The van der Waals surface area contributed by atoms with E-state index in [2.05, 4.69) is 68.3 Å². The van der Waals surface area contributed by atoms with E-state index < -0.39 is 0 Å². The van der Waals surface area contributed by atoms with Gasteiger partial charge in [-0.1, -0.05) is 45.4 Å². The maximum atomic E-state index is 5.40. The molecule has 0 saturated carbocycles. The molecule has 0 fully saturated rings. The van der Waals surface area contributed by atoms with Gasteiger partial charge >= 0.3 is 0 Å². The second-order valence-corrected chi connectivity index (χ2v) is 6.72. The first kappa shape index (κ1) is 15.8. The molecule has 0 atom stereocenters. The molecule has 4 aromatic rings. The number of nitrogens with zero attached hydrogens (tertiary/aromatic N) is 3. The van der Waals surface area contributed by atoms with E-state index in [1.165, 1.54) is 11.1 Å². The van der Waals surface area contributed by atoms with Crippen LogP contribution in [-0.2, 0) is 0 Å². The molecule has 0 radical (unpaired) electrons. The Kier molecular flexibility index (Phi) is 3.97. The summed E-state index contributed by atoms with van der Waals surface area (Å²) in [5.74, 6) is 0.943. The van der Waals surface area contributed by atoms with Crippen LogP contribution in [0, 0.1) is 13.8 Å². The number of aromatic amines is 1. The summed E-state index contributed by atoms with van der Waals surface area (Å²) in [5.41, 5.74) is 5.96. The van der Waals surface area contributed by atoms with Crippen molar-refractivity contribution in [3.05, 3.63) is 64.1 Å². The first-order valence-electron chi connectivity index (χ1n) is 7.84. The summed E-state index contributed by atoms with van der Waals surface area (Å²) in [6, 6.07) is 15.9. The average molecular weight is 395 g/mol. The third-order valence-corrected chi connectivity index (χ3v) is 4.84. The molecule has 2 heterocycles. The van der Waals surface area contributed by atoms with Gasteiger partial charge in [-0.25, -0.2) is 0 Å². The Balaban J connectivity index is 1.67. The molecule has 0 amide bonds. The topological polar surface area (TPSA) is 67.6 Å². The maximum absolute atomic E-state index is 5.40. The summed E-state index contributed by atoms with van der Waals surface area (Å²) >= 11 is 3.50. The van der Waals surface area contributed by atoms with Crippen molar-refractivity contribution >= 4 is 15.9 Å². The van der Waals surface area contributed by atoms with Crippen LogP contribution in [0.25, 0.3) is 34.2 Å². The third kappa shape index (κ3) is 3.00. The van der Waals surface area contributed by atoms with Crippen molar-refractivity contribution in [2.24, 2.45) is 0 Å². The van der Waals surface area contributed by atoms with Crippen LogP contribution in [0.3, 0.4) is 0 Å². The van der Waals surface area contributed by atoms with Crippen LogP contribution in [0.4, 0.5) is 0 Å². The van der Waals surface area contributed by atoms with Gasteiger partial charge < -0.3 is 4.52 Å². The molecule has 1 N–H and O–H groups in total. The summed E-state index contributed by atoms with van der Waals surface area (Å²) in [6.45, 7) is 4.19. The highest BCUT2D eigenvalue weighted by Crippen LogP contribution is 2.29. The minimum Gasteiger partial charge on any atom is -0.332 e. The lowest BCUT2D eigenvalue weighted by Gasteiger charge is -2.01. The lowest BCUT2D eigenvalue weighted by Crippen LogP contribution is -1.83. The quantitative estimate of drug-likeness (QED) is 0.520. The van der Waals surface area contributed by atoms with Gasteiger partial charge in [-0.05, 0) is 49.2 Å². The van der Waals surface area contributed by atoms with Gasteiger partial charge in [0.15, 0.2) is 0 Å². The molecule has 0 spiro atoms. The molecule has 6 heteroatoms. The predicted octanol–water partition coefficient (Wildman–Crippen LogP) is 5.17. The van der Waals surface area contributed by atoms with Crippen LogP contribution in [0.2, 0.25) is 0 Å². The van der Waals surface area contributed by atoms with Gasteiger partial charge in [-0.15, -0.1) is 0 Å². The van der Waals surface area contributed by atoms with Gasteiger partial charge in [0.2, 0.25) is 5.82 Å². The Morgan fingerprint density at radius 3 is 2.64 bits per heavy atom. The monoisotopic (exact) mass is 394 g/mol. The van der Waals surface area contributed by atoms with E-state index in [0.29, 0.717) is 17.4 Å². The normalized spacial score (nSPS) is 11.0. The zero-order valence-electron chi connectivity index (χ0n) is 13.7. The van der Waals surface area contributed by atoms with Crippen molar-refractivity contribution in [1.29, 1.82) is 0 Å². The van der Waals surface area contributed by atoms with Crippen molar-refractivity contribution in [2.45, 2.75) is 13.8 Å². The van der Waals surface area contributed by atoms with Gasteiger partial charge in [0.1, 0.15) is 5.69 Å². The number of nitrogens with one attached hydrogen (secondary N) is 1. The number of hydrogen-bond acceptors (Lipinski definition) is 4. The highest BCUT2D eigenvalue weighted by atomic mass is 79.9. The van der Waals surface area contributed by atoms with Crippen LogP contribution in [0.1, 0.15) is 11.1 Å². The Morgan fingerprint density at radius 1 is 1.00 bits per heavy atom. The van der Waals surface area contributed by atoms with Crippen LogP contribution >= 0.6 is 15.9 Å². The Bertz CT molecular complexity index is 1050. The van der Waals surface area contributed by atoms with E-state index in [-0.39, 0.29) is 0 Å². The Morgan fingerprint density at radius 2 is 1.84 bits per heavy atom. The fourth-order valence-corrected chi connectivity index (χ4v) is 3.03. The van der Waals surface area contributed by atoms with Crippen LogP contribution in [-0.4, -0.2) is 20.3 Å². The Hall–Kier alpha value is -2.73. The minimum absolute atomic E-state index is 0.410. The van der Waals surface area contributed by atoms with Crippen LogP contribution in [0.15, 0.2) is 57.5 Å². The molecule has 25 heavy (non-hydrogen) atoms. The minimum atomic E-state index is 0.410. The number of halogens is 1. The standard InChI is InChI=1S/C19H15BrN4O/c1-11-7-8-13(9-12(11)2)16-10-17(23-22-16)19-21-18(24-25-19)14-5-3-4-6-15(14)20/h3-10H,1-2H3,(H,22,23). The van der Waals surface area contributed by atoms with Gasteiger partial charge in [0.25, 0.3) is 5.89 Å². The number of benzene rings is 2. The zero-order chi connectivity index (χ0) is 17.4. The van der Waals surface area contributed by atoms with Crippen molar-refractivity contribution in [3.8, 4) is 34.2 Å². The summed E-state index contributed by atoms with van der Waals surface area (Å²) < 4.78 is 6.32. The number of rotatable bonds is 3. The highest BCUT2D eigenvalue weighted by molar-refractivity contribution is 9.10. The molecule has 124 valence electrons. The third-order valence-electron chi connectivity index (χ3n) is 4.15. The maximum Gasteiger partial charge on any atom is 0.276 e. The smallest absolute Gasteiger partial charge is 0.276 e. The molecule has 0 aliphatic heterocycles. The molecular formula is C19H15BrN4O. The molecule has 0 aliphatic rings. The molecule has 4 rings (SSSR count). The summed E-state index contributed by atoms with van der Waals surface area (Å²) in [7, 11) is 0. The van der Waals surface area contributed by atoms with E-state index in [1.54, 1.807) is 0 Å². The van der Waals surface area contributed by atoms with Crippen LogP contribution < -0.4 is 0 Å². The first-order valence-corrected chi connectivity index (χ1v) is 8.63. The summed E-state index contributed by atoms with van der Waals surface area (Å²) in [5, 5.41) is 11.4.